The molecule has 3 heteroatoms. The molecule has 0 N–H and O–H groups in total. The molecule has 1 rings (SSSR count). The van der Waals surface area contributed by atoms with E-state index in [1.807, 2.05) is 0 Å². The van der Waals surface area contributed by atoms with Crippen LogP contribution in [0.25, 0.3) is 0 Å². The molecule has 0 aliphatic carbocycles. The number of rotatable bonds is 3. The molecule has 13 heavy (non-hydrogen) atoms. The largest absolute Gasteiger partial charge is 0.274 e. The van der Waals surface area contributed by atoms with Crippen molar-refractivity contribution in [2.75, 3.05) is 0 Å². The van der Waals surface area contributed by atoms with Gasteiger partial charge in [-0.3, -0.25) is 0 Å². The summed E-state index contributed by atoms with van der Waals surface area (Å²) in [5, 5.41) is 0. The van der Waals surface area contributed by atoms with Gasteiger partial charge in [0.25, 0.3) is 7.42 Å². The smallest absolute Gasteiger partial charge is 0.147 e. The minimum absolute atomic E-state index is 0.476. The van der Waals surface area contributed by atoms with E-state index in [0.29, 0.717) is 5.92 Å². The van der Waals surface area contributed by atoms with Gasteiger partial charge in [-0.15, -0.1) is 22.2 Å². The van der Waals surface area contributed by atoms with Gasteiger partial charge in [0.05, 0.1) is 0 Å². The van der Waals surface area contributed by atoms with Gasteiger partial charge in [0.15, 0.2) is 0 Å². The van der Waals surface area contributed by atoms with Gasteiger partial charge in [-0.1, -0.05) is 36.8 Å². The molecule has 1 atom stereocenters. The van der Waals surface area contributed by atoms with Crippen LogP contribution in [0.4, 0.5) is 0 Å². The van der Waals surface area contributed by atoms with Gasteiger partial charge in [0, 0.05) is 0 Å². The minimum atomic E-state index is -1.15. The molecular weight excluding hydrogens is 219 g/mol. The standard InChI is InChI=1S/C10H13Cl2Si/c1-8-3-5-10(6-4-8)9(2)7-13(11)12/h3-6,9H,7H2,1-2H3. The molecular formula is C10H13Cl2Si. The third-order valence-electron chi connectivity index (χ3n) is 2.11. The van der Waals surface area contributed by atoms with E-state index in [0.717, 1.165) is 6.04 Å². The molecule has 0 bridgehead atoms. The zero-order valence-electron chi connectivity index (χ0n) is 7.85. The van der Waals surface area contributed by atoms with Crippen molar-refractivity contribution in [3.63, 3.8) is 0 Å². The number of hydrogen-bond donors (Lipinski definition) is 0. The van der Waals surface area contributed by atoms with E-state index < -0.39 is 7.42 Å². The maximum Gasteiger partial charge on any atom is 0.274 e. The predicted octanol–water partition coefficient (Wildman–Crippen LogP) is 4.06. The van der Waals surface area contributed by atoms with Crippen molar-refractivity contribution in [3.8, 4) is 0 Å². The molecule has 1 aromatic rings. The Morgan fingerprint density at radius 2 is 1.77 bits per heavy atom. The summed E-state index contributed by atoms with van der Waals surface area (Å²) >= 11 is 11.6. The lowest BCUT2D eigenvalue weighted by Crippen LogP contribution is -2.01. The molecule has 71 valence electrons. The van der Waals surface area contributed by atoms with E-state index in [-0.39, 0.29) is 0 Å². The van der Waals surface area contributed by atoms with Crippen LogP contribution in [0.15, 0.2) is 24.3 Å². The lowest BCUT2D eigenvalue weighted by molar-refractivity contribution is 0.860. The Hall–Kier alpha value is 0.0169. The minimum Gasteiger partial charge on any atom is -0.147 e. The Labute approximate surface area is 90.9 Å². The van der Waals surface area contributed by atoms with Gasteiger partial charge in [-0.25, -0.2) is 0 Å². The van der Waals surface area contributed by atoms with Crippen LogP contribution in [0.2, 0.25) is 6.04 Å². The molecule has 0 saturated heterocycles. The van der Waals surface area contributed by atoms with Crippen molar-refractivity contribution in [3.05, 3.63) is 35.4 Å². The molecule has 0 amide bonds. The Morgan fingerprint density at radius 3 is 2.23 bits per heavy atom. The number of hydrogen-bond acceptors (Lipinski definition) is 0. The Bertz CT molecular complexity index is 256. The average Bonchev–Trinajstić information content (AvgIpc) is 2.04. The summed E-state index contributed by atoms with van der Waals surface area (Å²) in [6.07, 6.45) is 0. The predicted molar refractivity (Wildman–Crippen MR) is 61.9 cm³/mol. The summed E-state index contributed by atoms with van der Waals surface area (Å²) in [7, 11) is -1.15. The quantitative estimate of drug-likeness (QED) is 0.544. The molecule has 0 heterocycles. The second-order valence-electron chi connectivity index (χ2n) is 3.35. The van der Waals surface area contributed by atoms with Crippen LogP contribution in [0.1, 0.15) is 24.0 Å². The first-order valence-electron chi connectivity index (χ1n) is 4.33. The fourth-order valence-electron chi connectivity index (χ4n) is 1.24. The highest BCUT2D eigenvalue weighted by molar-refractivity contribution is 7.33. The van der Waals surface area contributed by atoms with Crippen LogP contribution >= 0.6 is 22.2 Å². The van der Waals surface area contributed by atoms with Gasteiger partial charge >= 0.3 is 0 Å². The van der Waals surface area contributed by atoms with Crippen LogP contribution in [-0.4, -0.2) is 7.42 Å². The first-order valence-corrected chi connectivity index (χ1v) is 8.06. The molecule has 0 aliphatic rings. The SMILES string of the molecule is Cc1ccc(C(C)C[Si](Cl)Cl)cc1. The van der Waals surface area contributed by atoms with Gasteiger partial charge in [-0.2, -0.15) is 0 Å². The van der Waals surface area contributed by atoms with Crippen LogP contribution in [0.5, 0.6) is 0 Å². The van der Waals surface area contributed by atoms with Crippen LogP contribution in [-0.2, 0) is 0 Å². The van der Waals surface area contributed by atoms with Gasteiger partial charge in [-0.05, 0) is 24.4 Å². The van der Waals surface area contributed by atoms with Gasteiger partial charge < -0.3 is 0 Å². The Balaban J connectivity index is 2.66. The summed E-state index contributed by atoms with van der Waals surface area (Å²) in [5.41, 5.74) is 2.62. The summed E-state index contributed by atoms with van der Waals surface area (Å²) in [4.78, 5) is 0. The third kappa shape index (κ3) is 3.71. The molecule has 0 saturated carbocycles. The zero-order chi connectivity index (χ0) is 9.84. The van der Waals surface area contributed by atoms with Crippen LogP contribution < -0.4 is 0 Å². The van der Waals surface area contributed by atoms with E-state index in [9.17, 15) is 0 Å². The monoisotopic (exact) mass is 231 g/mol. The van der Waals surface area contributed by atoms with E-state index in [4.69, 9.17) is 22.2 Å². The molecule has 1 aromatic carbocycles. The zero-order valence-corrected chi connectivity index (χ0v) is 10.4. The van der Waals surface area contributed by atoms with E-state index in [1.165, 1.54) is 11.1 Å². The topological polar surface area (TPSA) is 0 Å². The maximum atomic E-state index is 5.82. The van der Waals surface area contributed by atoms with Crippen molar-refractivity contribution < 1.29 is 0 Å². The molecule has 1 radical (unpaired) electrons. The Kier molecular flexibility index (Phi) is 4.30. The van der Waals surface area contributed by atoms with E-state index in [2.05, 4.69) is 38.1 Å². The summed E-state index contributed by atoms with van der Waals surface area (Å²) in [6, 6.07) is 9.47. The molecule has 0 nitrogen and oxygen atoms in total. The fourth-order valence-corrected chi connectivity index (χ4v) is 3.33. The first-order chi connectivity index (χ1) is 6.09. The average molecular weight is 232 g/mol. The summed E-state index contributed by atoms with van der Waals surface area (Å²) < 4.78 is 0. The summed E-state index contributed by atoms with van der Waals surface area (Å²) in [5.74, 6) is 0.476. The van der Waals surface area contributed by atoms with Gasteiger partial charge in [0.2, 0.25) is 0 Å². The normalized spacial score (nSPS) is 13.3. The number of halogens is 2. The third-order valence-corrected chi connectivity index (χ3v) is 3.95. The second kappa shape index (κ2) is 5.04. The maximum absolute atomic E-state index is 5.82. The van der Waals surface area contributed by atoms with Crippen LogP contribution in [0, 0.1) is 6.92 Å². The van der Waals surface area contributed by atoms with Crippen molar-refractivity contribution in [2.45, 2.75) is 25.8 Å². The highest BCUT2D eigenvalue weighted by Gasteiger charge is 2.11. The summed E-state index contributed by atoms with van der Waals surface area (Å²) in [6.45, 7) is 4.26. The molecule has 0 spiro atoms. The van der Waals surface area contributed by atoms with Gasteiger partial charge in [0.1, 0.15) is 0 Å². The molecule has 0 fully saturated rings. The van der Waals surface area contributed by atoms with E-state index in [1.54, 1.807) is 0 Å². The molecule has 0 aliphatic heterocycles. The Morgan fingerprint density at radius 1 is 1.23 bits per heavy atom. The number of benzene rings is 1. The number of aryl methyl sites for hydroxylation is 1. The second-order valence-corrected chi connectivity index (χ2v) is 7.76. The fraction of sp³-hybridized carbons (Fsp3) is 0.400. The van der Waals surface area contributed by atoms with Crippen molar-refractivity contribution >= 4 is 29.6 Å². The van der Waals surface area contributed by atoms with Crippen molar-refractivity contribution in [2.24, 2.45) is 0 Å². The van der Waals surface area contributed by atoms with Crippen LogP contribution in [0.3, 0.4) is 0 Å². The van der Waals surface area contributed by atoms with E-state index >= 15 is 0 Å². The van der Waals surface area contributed by atoms with Crippen molar-refractivity contribution in [1.82, 2.24) is 0 Å². The molecule has 1 unspecified atom stereocenters. The lowest BCUT2D eigenvalue weighted by Gasteiger charge is -2.11. The van der Waals surface area contributed by atoms with Crippen molar-refractivity contribution in [1.29, 1.82) is 0 Å². The highest BCUT2D eigenvalue weighted by Crippen LogP contribution is 2.23. The lowest BCUT2D eigenvalue weighted by atomic mass is 10.0. The first kappa shape index (κ1) is 11.1. The highest BCUT2D eigenvalue weighted by atomic mass is 35.7. The molecule has 0 aromatic heterocycles.